The van der Waals surface area contributed by atoms with Crippen molar-refractivity contribution in [1.29, 1.82) is 0 Å². The zero-order valence-corrected chi connectivity index (χ0v) is 11.5. The van der Waals surface area contributed by atoms with Gasteiger partial charge >= 0.3 is 97.3 Å². The van der Waals surface area contributed by atoms with E-state index in [0.717, 1.165) is 18.4 Å². The molecule has 1 atom stereocenters. The van der Waals surface area contributed by atoms with Gasteiger partial charge in [0.1, 0.15) is 0 Å². The summed E-state index contributed by atoms with van der Waals surface area (Å²) in [6.07, 6.45) is 3.98. The molecule has 0 spiro atoms. The molecule has 1 nitrogen and oxygen atoms in total. The Morgan fingerprint density at radius 3 is 2.43 bits per heavy atom. The van der Waals surface area contributed by atoms with Crippen LogP contribution in [-0.2, 0) is 19.4 Å². The molecule has 1 aliphatic rings. The van der Waals surface area contributed by atoms with Crippen molar-refractivity contribution in [2.45, 2.75) is 46.1 Å². The Balaban J connectivity index is 2.98. The molecular formula is C12H18OPt. The fourth-order valence-electron chi connectivity index (χ4n) is 1.38. The molecule has 1 N–H and O–H groups in total. The maximum absolute atomic E-state index is 10.1. The zero-order valence-electron chi connectivity index (χ0n) is 9.26. The van der Waals surface area contributed by atoms with Gasteiger partial charge in [0.15, 0.2) is 0 Å². The van der Waals surface area contributed by atoms with Gasteiger partial charge in [0.05, 0.1) is 0 Å². The zero-order chi connectivity index (χ0) is 10.9. The molecule has 0 aromatic rings. The van der Waals surface area contributed by atoms with Gasteiger partial charge < -0.3 is 0 Å². The first-order chi connectivity index (χ1) is 6.44. The summed E-state index contributed by atoms with van der Waals surface area (Å²) >= 11 is 2.32. The Labute approximate surface area is 97.3 Å². The van der Waals surface area contributed by atoms with E-state index < -0.39 is 5.60 Å². The second kappa shape index (κ2) is 4.24. The molecule has 82 valence electrons. The normalized spacial score (nSPS) is 23.9. The molecule has 2 heteroatoms. The molecule has 0 amide bonds. The second-order valence-corrected chi connectivity index (χ2v) is 5.15. The summed E-state index contributed by atoms with van der Waals surface area (Å²) in [5, 5.41) is 10.1. The minimum absolute atomic E-state index is 0.644. The van der Waals surface area contributed by atoms with Crippen LogP contribution in [0.2, 0.25) is 0 Å². The number of aliphatic hydroxyl groups is 1. The van der Waals surface area contributed by atoms with E-state index in [0.29, 0.717) is 0 Å². The van der Waals surface area contributed by atoms with Gasteiger partial charge in [-0.3, -0.25) is 0 Å². The Morgan fingerprint density at radius 1 is 1.50 bits per heavy atom. The minimum atomic E-state index is -0.644. The predicted octanol–water partition coefficient (Wildman–Crippen LogP) is 2.53. The van der Waals surface area contributed by atoms with Crippen LogP contribution in [0.15, 0.2) is 22.8 Å². The van der Waals surface area contributed by atoms with Gasteiger partial charge in [0.2, 0.25) is 0 Å². The summed E-state index contributed by atoms with van der Waals surface area (Å²) in [6, 6.07) is 0. The Kier molecular flexibility index (Phi) is 3.66. The molecule has 0 saturated heterocycles. The van der Waals surface area contributed by atoms with Crippen molar-refractivity contribution in [1.82, 2.24) is 0 Å². The molecule has 0 radical (unpaired) electrons. The van der Waals surface area contributed by atoms with Gasteiger partial charge in [-0.15, -0.1) is 0 Å². The van der Waals surface area contributed by atoms with Crippen LogP contribution >= 0.6 is 0 Å². The van der Waals surface area contributed by atoms with Crippen molar-refractivity contribution >= 4 is 3.90 Å². The van der Waals surface area contributed by atoms with E-state index in [-0.39, 0.29) is 0 Å². The molecule has 1 aliphatic carbocycles. The van der Waals surface area contributed by atoms with Crippen molar-refractivity contribution in [3.05, 3.63) is 22.8 Å². The first kappa shape index (κ1) is 12.1. The molecule has 0 aliphatic heterocycles. The van der Waals surface area contributed by atoms with Gasteiger partial charge in [-0.1, -0.05) is 0 Å². The van der Waals surface area contributed by atoms with Crippen LogP contribution in [0.25, 0.3) is 0 Å². The van der Waals surface area contributed by atoms with Gasteiger partial charge in [0.25, 0.3) is 0 Å². The van der Waals surface area contributed by atoms with Crippen LogP contribution in [0.3, 0.4) is 0 Å². The molecule has 0 heterocycles. The number of rotatable bonds is 3. The summed E-state index contributed by atoms with van der Waals surface area (Å²) in [4.78, 5) is 0. The van der Waals surface area contributed by atoms with Crippen molar-refractivity contribution in [3.8, 4) is 0 Å². The van der Waals surface area contributed by atoms with E-state index in [4.69, 9.17) is 0 Å². The first-order valence-corrected chi connectivity index (χ1v) is 6.22. The quantitative estimate of drug-likeness (QED) is 0.806. The van der Waals surface area contributed by atoms with E-state index in [1.807, 2.05) is 13.8 Å². The molecule has 14 heavy (non-hydrogen) atoms. The fraction of sp³-hybridized carbons (Fsp3) is 0.583. The third-order valence-electron chi connectivity index (χ3n) is 2.99. The topological polar surface area (TPSA) is 20.2 Å². The summed E-state index contributed by atoms with van der Waals surface area (Å²) in [7, 11) is 0. The first-order valence-electron chi connectivity index (χ1n) is 5.08. The summed E-state index contributed by atoms with van der Waals surface area (Å²) in [5.74, 6) is 0. The standard InChI is InChI=1S/C12H18O.Pt/c1-5-9(3)10-7-11(8-10)12(4,13)6-2;/h7,13H,5-6H2,1-4H3;/b10-9-;. The van der Waals surface area contributed by atoms with Crippen molar-refractivity contribution in [2.24, 2.45) is 0 Å². The van der Waals surface area contributed by atoms with E-state index in [1.54, 1.807) is 0 Å². The average Bonchev–Trinajstić information content (AvgIpc) is 2.14. The number of hydrogen-bond donors (Lipinski definition) is 1. The molecule has 0 bridgehead atoms. The van der Waals surface area contributed by atoms with Crippen molar-refractivity contribution in [3.63, 3.8) is 0 Å². The molecular weight excluding hydrogens is 355 g/mol. The Hall–Kier alpha value is -0.00169. The third kappa shape index (κ3) is 1.99. The molecule has 1 rings (SSSR count). The molecule has 0 fully saturated rings. The van der Waals surface area contributed by atoms with Crippen LogP contribution in [0, 0.1) is 0 Å². The Morgan fingerprint density at radius 2 is 2.07 bits per heavy atom. The van der Waals surface area contributed by atoms with Crippen LogP contribution < -0.4 is 0 Å². The van der Waals surface area contributed by atoms with E-state index >= 15 is 0 Å². The molecule has 0 aromatic heterocycles. The number of allylic oxidation sites excluding steroid dienone is 3. The fourth-order valence-corrected chi connectivity index (χ4v) is 2.81. The average molecular weight is 373 g/mol. The van der Waals surface area contributed by atoms with Gasteiger partial charge in [0, 0.05) is 0 Å². The molecule has 0 aromatic carbocycles. The van der Waals surface area contributed by atoms with Crippen molar-refractivity contribution < 1.29 is 24.5 Å². The Bertz CT molecular complexity index is 321. The van der Waals surface area contributed by atoms with Gasteiger partial charge in [-0.25, -0.2) is 0 Å². The summed E-state index contributed by atoms with van der Waals surface area (Å²) < 4.78 is 1.25. The summed E-state index contributed by atoms with van der Waals surface area (Å²) in [5.41, 5.74) is 3.20. The van der Waals surface area contributed by atoms with Crippen LogP contribution in [0.5, 0.6) is 0 Å². The predicted molar refractivity (Wildman–Crippen MR) is 57.0 cm³/mol. The van der Waals surface area contributed by atoms with Crippen LogP contribution in [-0.4, -0.2) is 14.6 Å². The van der Waals surface area contributed by atoms with E-state index in [9.17, 15) is 5.11 Å². The van der Waals surface area contributed by atoms with E-state index in [2.05, 4.69) is 39.3 Å². The van der Waals surface area contributed by atoms with Gasteiger partial charge in [-0.2, -0.15) is 0 Å². The van der Waals surface area contributed by atoms with Gasteiger partial charge in [-0.05, 0) is 0 Å². The van der Waals surface area contributed by atoms with E-state index in [1.165, 1.54) is 15.0 Å². The second-order valence-electron chi connectivity index (χ2n) is 4.02. The molecule has 0 saturated carbocycles. The van der Waals surface area contributed by atoms with Crippen LogP contribution in [0.1, 0.15) is 40.5 Å². The summed E-state index contributed by atoms with van der Waals surface area (Å²) in [6.45, 7) is 8.22. The monoisotopic (exact) mass is 373 g/mol. The molecule has 1 unspecified atom stereocenters. The number of hydrogen-bond acceptors (Lipinski definition) is 1. The maximum atomic E-state index is 10.1. The van der Waals surface area contributed by atoms with Crippen molar-refractivity contribution in [2.75, 3.05) is 0 Å². The third-order valence-corrected chi connectivity index (χ3v) is 4.21. The van der Waals surface area contributed by atoms with Crippen LogP contribution in [0.4, 0.5) is 0 Å². The SMILES string of the molecule is CC/C(C)=C1/C=C(C(C)(O)CC)[C]1=[Pt].